The lowest BCUT2D eigenvalue weighted by atomic mass is 9.82. The number of nitrogens with one attached hydrogen (secondary N) is 1. The summed E-state index contributed by atoms with van der Waals surface area (Å²) in [5, 5.41) is 10.8. The van der Waals surface area contributed by atoms with E-state index in [0.717, 1.165) is 6.07 Å². The third-order valence-corrected chi connectivity index (χ3v) is 5.87. The van der Waals surface area contributed by atoms with Crippen molar-refractivity contribution in [2.75, 3.05) is 24.6 Å². The number of anilines is 1. The van der Waals surface area contributed by atoms with Crippen molar-refractivity contribution in [3.05, 3.63) is 34.9 Å². The lowest BCUT2D eigenvalue weighted by Gasteiger charge is -2.33. The van der Waals surface area contributed by atoms with E-state index in [4.69, 9.17) is 20.8 Å². The Morgan fingerprint density at radius 3 is 2.64 bits per heavy atom. The van der Waals surface area contributed by atoms with E-state index in [2.05, 4.69) is 20.3 Å². The molecule has 1 aromatic heterocycles. The minimum atomic E-state index is -4.64. The molecule has 4 rings (SSSR count). The predicted octanol–water partition coefficient (Wildman–Crippen LogP) is 3.81. The fraction of sp³-hybridized carbons (Fsp3) is 0.550. The second kappa shape index (κ2) is 9.72. The van der Waals surface area contributed by atoms with E-state index in [1.807, 2.05) is 4.90 Å². The minimum Gasteiger partial charge on any atom is -0.484 e. The van der Waals surface area contributed by atoms with E-state index in [-0.39, 0.29) is 48.1 Å². The summed E-state index contributed by atoms with van der Waals surface area (Å²) in [5.74, 6) is -0.693. The average Bonchev–Trinajstić information content (AvgIpc) is 3.21. The number of rotatable bonds is 7. The summed E-state index contributed by atoms with van der Waals surface area (Å²) in [6.45, 7) is 0.857. The maximum absolute atomic E-state index is 13.4. The third kappa shape index (κ3) is 6.26. The molecule has 2 aliphatic rings. The summed E-state index contributed by atoms with van der Waals surface area (Å²) >= 11 is 5.61. The van der Waals surface area contributed by atoms with Crippen LogP contribution >= 0.6 is 11.6 Å². The van der Waals surface area contributed by atoms with Crippen molar-refractivity contribution in [3.63, 3.8) is 0 Å². The van der Waals surface area contributed by atoms with Gasteiger partial charge in [0.2, 0.25) is 5.89 Å². The molecule has 1 N–H and O–H groups in total. The van der Waals surface area contributed by atoms with Crippen LogP contribution in [0.3, 0.4) is 0 Å². The van der Waals surface area contributed by atoms with Gasteiger partial charge < -0.3 is 19.4 Å². The third-order valence-electron chi connectivity index (χ3n) is 5.57. The highest BCUT2D eigenvalue weighted by Crippen LogP contribution is 2.41. The number of amides is 1. The van der Waals surface area contributed by atoms with E-state index in [9.17, 15) is 22.4 Å². The molecule has 2 aromatic rings. The van der Waals surface area contributed by atoms with Gasteiger partial charge in [-0.1, -0.05) is 16.7 Å². The molecule has 2 fully saturated rings. The quantitative estimate of drug-likeness (QED) is 0.588. The van der Waals surface area contributed by atoms with Gasteiger partial charge in [0.25, 0.3) is 5.91 Å². The molecule has 1 aliphatic heterocycles. The van der Waals surface area contributed by atoms with Crippen LogP contribution in [0, 0.1) is 5.82 Å². The van der Waals surface area contributed by atoms with Crippen LogP contribution in [0.15, 0.2) is 22.6 Å². The molecule has 0 unspecified atom stereocenters. The number of hydrogen-bond donors (Lipinski definition) is 1. The molecule has 8 nitrogen and oxygen atoms in total. The van der Waals surface area contributed by atoms with Crippen molar-refractivity contribution in [2.45, 2.75) is 50.1 Å². The number of aromatic nitrogens is 2. The van der Waals surface area contributed by atoms with E-state index in [1.54, 1.807) is 0 Å². The summed E-state index contributed by atoms with van der Waals surface area (Å²) in [5.41, 5.74) is 0. The molecule has 0 bridgehead atoms. The Kier molecular flexibility index (Phi) is 6.94. The number of nitrogens with zero attached hydrogens (tertiary/aromatic N) is 3. The van der Waals surface area contributed by atoms with E-state index >= 15 is 0 Å². The van der Waals surface area contributed by atoms with Crippen LogP contribution in [-0.2, 0) is 9.53 Å². The van der Waals surface area contributed by atoms with Gasteiger partial charge in [-0.3, -0.25) is 9.53 Å². The van der Waals surface area contributed by atoms with Gasteiger partial charge >= 0.3 is 12.4 Å². The maximum Gasteiger partial charge on any atom is 0.522 e. The molecule has 180 valence electrons. The average molecular weight is 493 g/mol. The molecule has 2 heterocycles. The van der Waals surface area contributed by atoms with Crippen LogP contribution in [0.5, 0.6) is 5.75 Å². The molecule has 33 heavy (non-hydrogen) atoms. The normalized spacial score (nSPS) is 21.5. The van der Waals surface area contributed by atoms with Gasteiger partial charge in [-0.05, 0) is 37.8 Å². The van der Waals surface area contributed by atoms with Crippen LogP contribution in [0.2, 0.25) is 5.02 Å². The van der Waals surface area contributed by atoms with Crippen molar-refractivity contribution in [2.24, 2.45) is 0 Å². The number of hydrogen-bond acceptors (Lipinski definition) is 7. The summed E-state index contributed by atoms with van der Waals surface area (Å²) in [7, 11) is 0. The number of ether oxygens (including phenoxy) is 2. The van der Waals surface area contributed by atoms with Crippen molar-refractivity contribution in [1.82, 2.24) is 15.5 Å². The number of alkyl halides is 3. The Morgan fingerprint density at radius 2 is 1.97 bits per heavy atom. The second-order valence-corrected chi connectivity index (χ2v) is 8.38. The molecule has 1 aromatic carbocycles. The van der Waals surface area contributed by atoms with Gasteiger partial charge in [-0.25, -0.2) is 4.39 Å². The summed E-state index contributed by atoms with van der Waals surface area (Å²) in [4.78, 5) is 14.0. The first-order chi connectivity index (χ1) is 15.7. The van der Waals surface area contributed by atoms with Crippen molar-refractivity contribution in [1.29, 1.82) is 0 Å². The topological polar surface area (TPSA) is 89.7 Å². The van der Waals surface area contributed by atoms with E-state index in [1.165, 1.54) is 12.1 Å². The monoisotopic (exact) mass is 492 g/mol. The minimum absolute atomic E-state index is 0.0284. The summed E-state index contributed by atoms with van der Waals surface area (Å²) in [6, 6.07) is 4.17. The molecule has 0 spiro atoms. The highest BCUT2D eigenvalue weighted by atomic mass is 35.5. The Labute approximate surface area is 191 Å². The first-order valence-electron chi connectivity index (χ1n) is 10.4. The number of halogens is 5. The number of benzene rings is 1. The van der Waals surface area contributed by atoms with Gasteiger partial charge in [0.05, 0.1) is 11.1 Å². The predicted molar refractivity (Wildman–Crippen MR) is 107 cm³/mol. The lowest BCUT2D eigenvalue weighted by molar-refractivity contribution is -0.352. The zero-order valence-corrected chi connectivity index (χ0v) is 18.0. The largest absolute Gasteiger partial charge is 0.522 e. The molecule has 1 saturated heterocycles. The summed E-state index contributed by atoms with van der Waals surface area (Å²) < 4.78 is 65.0. The fourth-order valence-electron chi connectivity index (χ4n) is 3.77. The highest BCUT2D eigenvalue weighted by Gasteiger charge is 2.42. The Hall–Kier alpha value is -2.60. The van der Waals surface area contributed by atoms with Crippen LogP contribution in [-0.4, -0.2) is 54.3 Å². The Morgan fingerprint density at radius 1 is 1.24 bits per heavy atom. The number of carbonyl (C=O) groups is 1. The Balaban J connectivity index is 1.18. The van der Waals surface area contributed by atoms with Crippen LogP contribution in [0.25, 0.3) is 0 Å². The lowest BCUT2D eigenvalue weighted by Crippen LogP contribution is -2.46. The zero-order chi connectivity index (χ0) is 23.6. The van der Waals surface area contributed by atoms with E-state index < -0.39 is 18.3 Å². The molecule has 0 radical (unpaired) electrons. The first-order valence-corrected chi connectivity index (χ1v) is 10.7. The van der Waals surface area contributed by atoms with Crippen LogP contribution in [0.4, 0.5) is 23.6 Å². The van der Waals surface area contributed by atoms with Crippen LogP contribution < -0.4 is 15.0 Å². The number of piperidine rings is 1. The molecular formula is C20H21ClF4N4O4. The van der Waals surface area contributed by atoms with Crippen molar-refractivity contribution >= 4 is 23.5 Å². The molecular weight excluding hydrogens is 472 g/mol. The van der Waals surface area contributed by atoms with Crippen molar-refractivity contribution < 1.29 is 36.2 Å². The number of carbonyl (C=O) groups excluding carboxylic acids is 1. The van der Waals surface area contributed by atoms with Gasteiger partial charge in [0.1, 0.15) is 11.6 Å². The van der Waals surface area contributed by atoms with Crippen LogP contribution in [0.1, 0.15) is 37.5 Å². The standard InChI is InChI=1S/C20H21ClF4N4O4/c21-15-2-1-13(9-16(15)22)31-10-17(30)26-12-3-5-29(6-4-12)19-28-27-18(32-19)11-7-14(8-11)33-20(23,24)25/h1-2,9,11-12,14H,3-8,10H2,(H,26,30)/t11-,14-. The van der Waals surface area contributed by atoms with Gasteiger partial charge in [0, 0.05) is 31.1 Å². The molecule has 1 amide bonds. The van der Waals surface area contributed by atoms with Crippen molar-refractivity contribution in [3.8, 4) is 5.75 Å². The molecule has 0 atom stereocenters. The molecule has 1 aliphatic carbocycles. The first kappa shape index (κ1) is 23.6. The van der Waals surface area contributed by atoms with Gasteiger partial charge in [-0.15, -0.1) is 18.3 Å². The zero-order valence-electron chi connectivity index (χ0n) is 17.3. The SMILES string of the molecule is O=C(COc1ccc(Cl)c(F)c1)NC1CCN(c2nnc([C@H]3C[C@H](OC(F)(F)F)C3)o2)CC1. The van der Waals surface area contributed by atoms with E-state index in [0.29, 0.717) is 37.8 Å². The summed E-state index contributed by atoms with van der Waals surface area (Å²) in [6.07, 6.45) is -3.91. The molecule has 13 heteroatoms. The maximum atomic E-state index is 13.4. The molecule has 1 saturated carbocycles. The van der Waals surface area contributed by atoms with Gasteiger partial charge in [-0.2, -0.15) is 0 Å². The second-order valence-electron chi connectivity index (χ2n) is 7.97. The Bertz CT molecular complexity index is 975. The fourth-order valence-corrected chi connectivity index (χ4v) is 3.89. The highest BCUT2D eigenvalue weighted by molar-refractivity contribution is 6.30. The van der Waals surface area contributed by atoms with Gasteiger partial charge in [0.15, 0.2) is 6.61 Å². The smallest absolute Gasteiger partial charge is 0.484 e.